The Kier molecular flexibility index (Phi) is 4.89. The standard InChI is InChI=1S/C19H24ClN3O2/c1-18(2)13-25-19(3,23(18)17(24)22-12-11-21-14-22)10-4-5-15-6-8-16(20)9-7-15/h6-9,11-12,14H,4-5,10,13H2,1-3H3/t19-/m0/s1. The summed E-state index contributed by atoms with van der Waals surface area (Å²) >= 11 is 5.93. The Morgan fingerprint density at radius 2 is 2.00 bits per heavy atom. The average molecular weight is 362 g/mol. The van der Waals surface area contributed by atoms with Crippen LogP contribution < -0.4 is 0 Å². The van der Waals surface area contributed by atoms with Crippen molar-refractivity contribution in [2.24, 2.45) is 0 Å². The Hall–Kier alpha value is -1.85. The van der Waals surface area contributed by atoms with E-state index in [1.54, 1.807) is 12.4 Å². The van der Waals surface area contributed by atoms with Gasteiger partial charge in [0.15, 0.2) is 0 Å². The topological polar surface area (TPSA) is 47.4 Å². The van der Waals surface area contributed by atoms with E-state index in [0.717, 1.165) is 24.3 Å². The van der Waals surface area contributed by atoms with Crippen LogP contribution in [0.2, 0.25) is 5.02 Å². The number of hydrogen-bond donors (Lipinski definition) is 0. The molecule has 1 aromatic carbocycles. The van der Waals surface area contributed by atoms with Crippen LogP contribution in [0, 0.1) is 0 Å². The molecule has 1 atom stereocenters. The second-order valence-corrected chi connectivity index (χ2v) is 7.78. The van der Waals surface area contributed by atoms with Gasteiger partial charge in [-0.3, -0.25) is 9.47 Å². The van der Waals surface area contributed by atoms with Crippen molar-refractivity contribution in [1.82, 2.24) is 14.5 Å². The summed E-state index contributed by atoms with van der Waals surface area (Å²) in [6.07, 6.45) is 7.42. The zero-order chi connectivity index (χ0) is 18.1. The van der Waals surface area contributed by atoms with Crippen LogP contribution in [-0.2, 0) is 11.2 Å². The molecule has 1 aliphatic rings. The van der Waals surface area contributed by atoms with E-state index in [-0.39, 0.29) is 11.6 Å². The highest BCUT2D eigenvalue weighted by molar-refractivity contribution is 6.30. The molecule has 0 aliphatic carbocycles. The Morgan fingerprint density at radius 1 is 1.28 bits per heavy atom. The van der Waals surface area contributed by atoms with Gasteiger partial charge in [0, 0.05) is 17.4 Å². The van der Waals surface area contributed by atoms with Gasteiger partial charge in [0.05, 0.1) is 12.1 Å². The van der Waals surface area contributed by atoms with Gasteiger partial charge in [-0.1, -0.05) is 23.7 Å². The van der Waals surface area contributed by atoms with Gasteiger partial charge in [0.2, 0.25) is 0 Å². The number of amides is 1. The predicted molar refractivity (Wildman–Crippen MR) is 97.7 cm³/mol. The maximum Gasteiger partial charge on any atom is 0.332 e. The van der Waals surface area contributed by atoms with Crippen molar-refractivity contribution < 1.29 is 9.53 Å². The van der Waals surface area contributed by atoms with Gasteiger partial charge in [-0.05, 0) is 57.7 Å². The quantitative estimate of drug-likeness (QED) is 0.813. The van der Waals surface area contributed by atoms with Gasteiger partial charge in [-0.15, -0.1) is 0 Å². The zero-order valence-electron chi connectivity index (χ0n) is 14.9. The third-order valence-corrected chi connectivity index (χ3v) is 5.00. The van der Waals surface area contributed by atoms with Gasteiger partial charge in [0.25, 0.3) is 0 Å². The van der Waals surface area contributed by atoms with Crippen molar-refractivity contribution >= 4 is 17.6 Å². The van der Waals surface area contributed by atoms with E-state index >= 15 is 0 Å². The molecular weight excluding hydrogens is 338 g/mol. The lowest BCUT2D eigenvalue weighted by Gasteiger charge is -2.39. The number of aromatic nitrogens is 2. The molecular formula is C19H24ClN3O2. The summed E-state index contributed by atoms with van der Waals surface area (Å²) < 4.78 is 7.60. The maximum absolute atomic E-state index is 13.0. The van der Waals surface area contributed by atoms with E-state index in [4.69, 9.17) is 16.3 Å². The molecule has 134 valence electrons. The average Bonchev–Trinajstić information content (AvgIpc) is 3.16. The van der Waals surface area contributed by atoms with Crippen LogP contribution in [0.15, 0.2) is 43.0 Å². The smallest absolute Gasteiger partial charge is 0.332 e. The summed E-state index contributed by atoms with van der Waals surface area (Å²) in [7, 11) is 0. The number of benzene rings is 1. The van der Waals surface area contributed by atoms with Gasteiger partial charge in [-0.2, -0.15) is 0 Å². The Morgan fingerprint density at radius 3 is 2.64 bits per heavy atom. The minimum absolute atomic E-state index is 0.103. The van der Waals surface area contributed by atoms with Gasteiger partial charge >= 0.3 is 6.03 Å². The van der Waals surface area contributed by atoms with Crippen molar-refractivity contribution in [3.05, 3.63) is 53.6 Å². The molecule has 0 bridgehead atoms. The van der Waals surface area contributed by atoms with Crippen LogP contribution >= 0.6 is 11.6 Å². The molecule has 1 aromatic heterocycles. The Labute approximate surface area is 153 Å². The third kappa shape index (κ3) is 3.72. The highest BCUT2D eigenvalue weighted by Gasteiger charge is 2.51. The zero-order valence-corrected chi connectivity index (χ0v) is 15.7. The van der Waals surface area contributed by atoms with Gasteiger partial charge in [-0.25, -0.2) is 9.78 Å². The normalized spacial score (nSPS) is 22.3. The summed E-state index contributed by atoms with van der Waals surface area (Å²) in [6, 6.07) is 7.79. The Bertz CT molecular complexity index is 728. The largest absolute Gasteiger partial charge is 0.353 e. The number of ether oxygens (including phenoxy) is 1. The predicted octanol–water partition coefficient (Wildman–Crippen LogP) is 4.35. The Balaban J connectivity index is 1.71. The van der Waals surface area contributed by atoms with E-state index < -0.39 is 5.72 Å². The maximum atomic E-state index is 13.0. The minimum Gasteiger partial charge on any atom is -0.353 e. The molecule has 0 N–H and O–H groups in total. The summed E-state index contributed by atoms with van der Waals surface area (Å²) in [5.41, 5.74) is 0.242. The number of hydrogen-bond acceptors (Lipinski definition) is 3. The van der Waals surface area contributed by atoms with Crippen LogP contribution in [-0.4, -0.2) is 38.4 Å². The first kappa shape index (κ1) is 18.0. The number of halogens is 1. The summed E-state index contributed by atoms with van der Waals surface area (Å²) in [5.74, 6) is 0. The fourth-order valence-corrected chi connectivity index (χ4v) is 3.63. The third-order valence-electron chi connectivity index (χ3n) is 4.75. The molecule has 1 aliphatic heterocycles. The molecule has 25 heavy (non-hydrogen) atoms. The lowest BCUT2D eigenvalue weighted by molar-refractivity contribution is -0.0587. The number of aryl methyl sites for hydroxylation is 1. The number of rotatable bonds is 4. The number of imidazole rings is 1. The van der Waals surface area contributed by atoms with E-state index in [9.17, 15) is 4.79 Å². The molecule has 0 unspecified atom stereocenters. The van der Waals surface area contributed by atoms with Crippen LogP contribution in [0.1, 0.15) is 39.2 Å². The molecule has 0 spiro atoms. The van der Waals surface area contributed by atoms with Crippen LogP contribution in [0.5, 0.6) is 0 Å². The molecule has 2 aromatic rings. The van der Waals surface area contributed by atoms with Crippen LogP contribution in [0.3, 0.4) is 0 Å². The minimum atomic E-state index is -0.628. The molecule has 0 radical (unpaired) electrons. The van der Waals surface area contributed by atoms with Crippen LogP contribution in [0.25, 0.3) is 0 Å². The molecule has 6 heteroatoms. The first-order valence-corrected chi connectivity index (χ1v) is 8.91. The molecule has 1 fully saturated rings. The van der Waals surface area contributed by atoms with E-state index in [1.807, 2.05) is 49.9 Å². The first-order chi connectivity index (χ1) is 11.8. The van der Waals surface area contributed by atoms with E-state index in [1.165, 1.54) is 16.5 Å². The molecule has 2 heterocycles. The first-order valence-electron chi connectivity index (χ1n) is 8.53. The summed E-state index contributed by atoms with van der Waals surface area (Å²) in [5, 5.41) is 0.744. The molecule has 1 amide bonds. The second-order valence-electron chi connectivity index (χ2n) is 7.34. The van der Waals surface area contributed by atoms with Crippen molar-refractivity contribution in [3.8, 4) is 0 Å². The molecule has 3 rings (SSSR count). The summed E-state index contributed by atoms with van der Waals surface area (Å²) in [4.78, 5) is 18.8. The second kappa shape index (κ2) is 6.81. The van der Waals surface area contributed by atoms with E-state index in [0.29, 0.717) is 6.61 Å². The highest BCUT2D eigenvalue weighted by Crippen LogP contribution is 2.38. The van der Waals surface area contributed by atoms with Crippen molar-refractivity contribution in [2.45, 2.75) is 51.3 Å². The monoisotopic (exact) mass is 361 g/mol. The molecule has 1 saturated heterocycles. The fraction of sp³-hybridized carbons (Fsp3) is 0.474. The van der Waals surface area contributed by atoms with Gasteiger partial charge in [0.1, 0.15) is 12.1 Å². The van der Waals surface area contributed by atoms with Gasteiger partial charge < -0.3 is 4.74 Å². The number of nitrogens with zero attached hydrogens (tertiary/aromatic N) is 3. The number of carbonyl (C=O) groups is 1. The molecule has 5 nitrogen and oxygen atoms in total. The molecule has 0 saturated carbocycles. The van der Waals surface area contributed by atoms with Crippen LogP contribution in [0.4, 0.5) is 4.79 Å². The van der Waals surface area contributed by atoms with Crippen molar-refractivity contribution in [1.29, 1.82) is 0 Å². The van der Waals surface area contributed by atoms with E-state index in [2.05, 4.69) is 4.98 Å². The number of carbonyl (C=O) groups excluding carboxylic acids is 1. The lowest BCUT2D eigenvalue weighted by Crippen LogP contribution is -2.55. The van der Waals surface area contributed by atoms with Crippen molar-refractivity contribution in [3.63, 3.8) is 0 Å². The lowest BCUT2D eigenvalue weighted by atomic mass is 9.99. The SMILES string of the molecule is CC1(C)CO[C@@](C)(CCCc2ccc(Cl)cc2)N1C(=O)n1ccnc1. The van der Waals surface area contributed by atoms with Crippen molar-refractivity contribution in [2.75, 3.05) is 6.61 Å². The fourth-order valence-electron chi connectivity index (χ4n) is 3.51. The summed E-state index contributed by atoms with van der Waals surface area (Å²) in [6.45, 7) is 6.59. The highest BCUT2D eigenvalue weighted by atomic mass is 35.5.